The molecule has 3 nitrogen and oxygen atoms in total. The molecule has 1 fully saturated rings. The molecule has 1 saturated heterocycles. The third-order valence-electron chi connectivity index (χ3n) is 4.20. The van der Waals surface area contributed by atoms with Gasteiger partial charge in [0.05, 0.1) is 5.69 Å². The van der Waals surface area contributed by atoms with Crippen LogP contribution in [0.4, 0.5) is 5.69 Å². The summed E-state index contributed by atoms with van der Waals surface area (Å²) in [5, 5.41) is 0. The van der Waals surface area contributed by atoms with E-state index in [4.69, 9.17) is 0 Å². The molecule has 0 amide bonds. The fraction of sp³-hybridized carbons (Fsp3) is 0.263. The van der Waals surface area contributed by atoms with Crippen LogP contribution in [0.2, 0.25) is 0 Å². The summed E-state index contributed by atoms with van der Waals surface area (Å²) < 4.78 is 0. The van der Waals surface area contributed by atoms with E-state index in [0.717, 1.165) is 49.0 Å². The maximum absolute atomic E-state index is 12.1. The number of carbonyl (C=O) groups excluding carboxylic acids is 2. The van der Waals surface area contributed by atoms with Gasteiger partial charge in [-0.05, 0) is 37.5 Å². The van der Waals surface area contributed by atoms with Crippen molar-refractivity contribution in [2.24, 2.45) is 0 Å². The zero-order valence-corrected chi connectivity index (χ0v) is 12.7. The maximum Gasteiger partial charge on any atom is 0.160 e. The molecular weight excluding hydrogens is 274 g/mol. The van der Waals surface area contributed by atoms with Crippen molar-refractivity contribution in [1.29, 1.82) is 0 Å². The van der Waals surface area contributed by atoms with Crippen LogP contribution in [-0.2, 0) is 0 Å². The molecule has 2 aromatic rings. The van der Waals surface area contributed by atoms with Crippen molar-refractivity contribution in [3.8, 4) is 11.1 Å². The van der Waals surface area contributed by atoms with Crippen LogP contribution in [-0.4, -0.2) is 25.2 Å². The lowest BCUT2D eigenvalue weighted by atomic mass is 9.92. The first-order valence-corrected chi connectivity index (χ1v) is 7.66. The van der Waals surface area contributed by atoms with Gasteiger partial charge in [-0.2, -0.15) is 0 Å². The number of anilines is 1. The van der Waals surface area contributed by atoms with Gasteiger partial charge in [-0.1, -0.05) is 30.3 Å². The minimum Gasteiger partial charge on any atom is -0.370 e. The van der Waals surface area contributed by atoms with Crippen molar-refractivity contribution in [1.82, 2.24) is 0 Å². The van der Waals surface area contributed by atoms with Crippen LogP contribution in [0.25, 0.3) is 11.1 Å². The predicted molar refractivity (Wildman–Crippen MR) is 88.7 cm³/mol. The number of Topliss-reactive ketones (excluding diaryl/α,β-unsaturated/α-hetero) is 1. The van der Waals surface area contributed by atoms with Gasteiger partial charge in [0.15, 0.2) is 12.1 Å². The molecule has 3 rings (SSSR count). The monoisotopic (exact) mass is 293 g/mol. The van der Waals surface area contributed by atoms with Crippen LogP contribution in [0.15, 0.2) is 42.5 Å². The second-order valence-corrected chi connectivity index (χ2v) is 5.66. The van der Waals surface area contributed by atoms with E-state index in [1.165, 1.54) is 0 Å². The summed E-state index contributed by atoms with van der Waals surface area (Å²) in [4.78, 5) is 25.9. The molecule has 0 saturated carbocycles. The van der Waals surface area contributed by atoms with Gasteiger partial charge in [0, 0.05) is 29.8 Å². The molecule has 0 radical (unpaired) electrons. The molecule has 3 heteroatoms. The molecule has 0 unspecified atom stereocenters. The third kappa shape index (κ3) is 2.54. The van der Waals surface area contributed by atoms with Crippen LogP contribution in [0.1, 0.15) is 40.5 Å². The SMILES string of the molecule is CC(=O)c1ccc(C=O)c(N2CCCC2)c1-c1ccccc1. The molecule has 0 aromatic heterocycles. The van der Waals surface area contributed by atoms with E-state index in [9.17, 15) is 9.59 Å². The van der Waals surface area contributed by atoms with Gasteiger partial charge in [-0.3, -0.25) is 9.59 Å². The number of hydrogen-bond donors (Lipinski definition) is 0. The van der Waals surface area contributed by atoms with Gasteiger partial charge in [-0.25, -0.2) is 0 Å². The van der Waals surface area contributed by atoms with Crippen molar-refractivity contribution < 1.29 is 9.59 Å². The summed E-state index contributed by atoms with van der Waals surface area (Å²) in [5.74, 6) is 0.0248. The molecule has 1 aliphatic heterocycles. The lowest BCUT2D eigenvalue weighted by Gasteiger charge is -2.25. The first-order valence-electron chi connectivity index (χ1n) is 7.66. The number of ketones is 1. The standard InChI is InChI=1S/C19H19NO2/c1-14(22)17-10-9-16(13-21)19(20-11-5-6-12-20)18(17)15-7-3-2-4-8-15/h2-4,7-10,13H,5-6,11-12H2,1H3. The zero-order valence-electron chi connectivity index (χ0n) is 12.7. The number of nitrogens with zero attached hydrogens (tertiary/aromatic N) is 1. The Balaban J connectivity index is 2.30. The number of carbonyl (C=O) groups is 2. The summed E-state index contributed by atoms with van der Waals surface area (Å²) in [6.07, 6.45) is 3.14. The Labute approximate surface area is 130 Å². The van der Waals surface area contributed by atoms with E-state index < -0.39 is 0 Å². The zero-order chi connectivity index (χ0) is 15.5. The smallest absolute Gasteiger partial charge is 0.160 e. The Morgan fingerprint density at radius 2 is 1.73 bits per heavy atom. The Bertz CT molecular complexity index is 701. The fourth-order valence-corrected chi connectivity index (χ4v) is 3.17. The second-order valence-electron chi connectivity index (χ2n) is 5.66. The predicted octanol–water partition coefficient (Wildman–Crippen LogP) is 3.97. The summed E-state index contributed by atoms with van der Waals surface area (Å²) in [6.45, 7) is 3.44. The average molecular weight is 293 g/mol. The van der Waals surface area contributed by atoms with Crippen molar-refractivity contribution in [2.75, 3.05) is 18.0 Å². The van der Waals surface area contributed by atoms with Crippen molar-refractivity contribution in [3.63, 3.8) is 0 Å². The van der Waals surface area contributed by atoms with Crippen LogP contribution < -0.4 is 4.90 Å². The largest absolute Gasteiger partial charge is 0.370 e. The molecule has 2 aromatic carbocycles. The highest BCUT2D eigenvalue weighted by Gasteiger charge is 2.23. The van der Waals surface area contributed by atoms with Crippen LogP contribution in [0.3, 0.4) is 0 Å². The molecular formula is C19H19NO2. The van der Waals surface area contributed by atoms with Gasteiger partial charge in [-0.15, -0.1) is 0 Å². The van der Waals surface area contributed by atoms with E-state index in [2.05, 4.69) is 4.90 Å². The molecule has 22 heavy (non-hydrogen) atoms. The first kappa shape index (κ1) is 14.5. The summed E-state index contributed by atoms with van der Waals surface area (Å²) in [7, 11) is 0. The normalized spacial score (nSPS) is 14.1. The molecule has 1 aliphatic rings. The Morgan fingerprint density at radius 1 is 1.05 bits per heavy atom. The minimum atomic E-state index is 0.0248. The van der Waals surface area contributed by atoms with E-state index in [0.29, 0.717) is 11.1 Å². The van der Waals surface area contributed by atoms with E-state index in [-0.39, 0.29) is 5.78 Å². The lowest BCUT2D eigenvalue weighted by molar-refractivity contribution is 0.101. The highest BCUT2D eigenvalue weighted by atomic mass is 16.1. The van der Waals surface area contributed by atoms with Gasteiger partial charge < -0.3 is 4.90 Å². The number of rotatable bonds is 4. The van der Waals surface area contributed by atoms with Crippen molar-refractivity contribution in [2.45, 2.75) is 19.8 Å². The van der Waals surface area contributed by atoms with Crippen LogP contribution >= 0.6 is 0 Å². The molecule has 0 atom stereocenters. The van der Waals surface area contributed by atoms with E-state index in [1.54, 1.807) is 19.1 Å². The average Bonchev–Trinajstić information content (AvgIpc) is 3.08. The molecule has 0 aliphatic carbocycles. The molecule has 1 heterocycles. The van der Waals surface area contributed by atoms with Crippen LogP contribution in [0.5, 0.6) is 0 Å². The summed E-state index contributed by atoms with van der Waals surface area (Å²) in [5.41, 5.74) is 4.12. The molecule has 112 valence electrons. The second kappa shape index (κ2) is 6.14. The maximum atomic E-state index is 12.1. The fourth-order valence-electron chi connectivity index (χ4n) is 3.17. The number of benzene rings is 2. The number of hydrogen-bond acceptors (Lipinski definition) is 3. The van der Waals surface area contributed by atoms with Gasteiger partial charge in [0.1, 0.15) is 0 Å². The highest BCUT2D eigenvalue weighted by Crippen LogP contribution is 2.38. The van der Waals surface area contributed by atoms with Gasteiger partial charge >= 0.3 is 0 Å². The number of aldehydes is 1. The highest BCUT2D eigenvalue weighted by molar-refractivity contribution is 6.07. The minimum absolute atomic E-state index is 0.0248. The van der Waals surface area contributed by atoms with Gasteiger partial charge in [0.25, 0.3) is 0 Å². The summed E-state index contributed by atoms with van der Waals surface area (Å²) in [6, 6.07) is 13.4. The Morgan fingerprint density at radius 3 is 2.32 bits per heavy atom. The lowest BCUT2D eigenvalue weighted by Crippen LogP contribution is -2.21. The van der Waals surface area contributed by atoms with Gasteiger partial charge in [0.2, 0.25) is 0 Å². The molecule has 0 bridgehead atoms. The summed E-state index contributed by atoms with van der Waals surface area (Å²) >= 11 is 0. The third-order valence-corrected chi connectivity index (χ3v) is 4.20. The van der Waals surface area contributed by atoms with E-state index >= 15 is 0 Å². The Kier molecular flexibility index (Phi) is 4.05. The molecule has 0 N–H and O–H groups in total. The topological polar surface area (TPSA) is 37.4 Å². The van der Waals surface area contributed by atoms with Crippen molar-refractivity contribution in [3.05, 3.63) is 53.6 Å². The first-order chi connectivity index (χ1) is 10.7. The Hall–Kier alpha value is -2.42. The van der Waals surface area contributed by atoms with E-state index in [1.807, 2.05) is 30.3 Å². The van der Waals surface area contributed by atoms with Crippen LogP contribution in [0, 0.1) is 0 Å². The quantitative estimate of drug-likeness (QED) is 0.632. The van der Waals surface area contributed by atoms with Crippen molar-refractivity contribution >= 4 is 17.8 Å². The molecule has 0 spiro atoms.